The van der Waals surface area contributed by atoms with E-state index in [1.807, 2.05) is 50.2 Å². The molecule has 0 atom stereocenters. The van der Waals surface area contributed by atoms with Crippen molar-refractivity contribution >= 4 is 32.6 Å². The lowest BCUT2D eigenvalue weighted by Gasteiger charge is -2.20. The van der Waals surface area contributed by atoms with Crippen molar-refractivity contribution in [3.05, 3.63) is 88.2 Å². The fraction of sp³-hybridized carbons (Fsp3) is 0.208. The van der Waals surface area contributed by atoms with Crippen molar-refractivity contribution in [1.82, 2.24) is 9.97 Å². The predicted octanol–water partition coefficient (Wildman–Crippen LogP) is 5.77. The Labute approximate surface area is 174 Å². The van der Waals surface area contributed by atoms with Gasteiger partial charge in [-0.2, -0.15) is 0 Å². The number of rotatable bonds is 4. The van der Waals surface area contributed by atoms with Crippen LogP contribution < -0.4 is 4.90 Å². The number of pyridine rings is 1. The smallest absolute Gasteiger partial charge is 0.260 e. The van der Waals surface area contributed by atoms with E-state index in [-0.39, 0.29) is 5.91 Å². The summed E-state index contributed by atoms with van der Waals surface area (Å²) in [6.07, 6.45) is 1.75. The molecule has 0 saturated heterocycles. The molecule has 0 aliphatic heterocycles. The fourth-order valence-corrected chi connectivity index (χ4v) is 4.40. The number of amides is 1. The van der Waals surface area contributed by atoms with Crippen LogP contribution >= 0.6 is 11.3 Å². The number of aryl methyl sites for hydroxylation is 4. The van der Waals surface area contributed by atoms with Crippen LogP contribution in [0.25, 0.3) is 10.2 Å². The molecular formula is C24H23N3OS. The summed E-state index contributed by atoms with van der Waals surface area (Å²) in [5, 5.41) is 0.697. The first-order valence-corrected chi connectivity index (χ1v) is 10.4. The van der Waals surface area contributed by atoms with Crippen LogP contribution in [0.4, 0.5) is 5.13 Å². The average Bonchev–Trinajstić information content (AvgIpc) is 3.12. The zero-order valence-corrected chi connectivity index (χ0v) is 17.9. The normalized spacial score (nSPS) is 11.0. The molecule has 1 amide bonds. The number of hydrogen-bond acceptors (Lipinski definition) is 4. The van der Waals surface area contributed by atoms with Crippen LogP contribution in [-0.4, -0.2) is 15.9 Å². The van der Waals surface area contributed by atoms with Gasteiger partial charge in [0, 0.05) is 11.8 Å². The van der Waals surface area contributed by atoms with Gasteiger partial charge in [0.2, 0.25) is 0 Å². The van der Waals surface area contributed by atoms with Crippen LogP contribution in [0.2, 0.25) is 0 Å². The standard InChI is InChI=1S/C24H23N3OS/c1-15-11-18(4)22-21(12-15)26-24(29-22)27(14-20-7-5-6-10-25-20)23(28)19-9-8-16(2)17(3)13-19/h5-13H,14H2,1-4H3. The molecule has 2 heterocycles. The minimum atomic E-state index is -0.0628. The molecule has 0 unspecified atom stereocenters. The van der Waals surface area contributed by atoms with Crippen molar-refractivity contribution in [3.8, 4) is 0 Å². The number of fused-ring (bicyclic) bond motifs is 1. The van der Waals surface area contributed by atoms with Crippen LogP contribution in [0.1, 0.15) is 38.3 Å². The molecule has 0 N–H and O–H groups in total. The van der Waals surface area contributed by atoms with Crippen LogP contribution in [0.15, 0.2) is 54.7 Å². The summed E-state index contributed by atoms with van der Waals surface area (Å²) >= 11 is 1.56. The summed E-state index contributed by atoms with van der Waals surface area (Å²) in [4.78, 5) is 24.5. The van der Waals surface area contributed by atoms with Gasteiger partial charge in [0.25, 0.3) is 5.91 Å². The van der Waals surface area contributed by atoms with Crippen molar-refractivity contribution < 1.29 is 4.79 Å². The fourth-order valence-electron chi connectivity index (χ4n) is 3.39. The third-order valence-electron chi connectivity index (χ3n) is 5.08. The van der Waals surface area contributed by atoms with Crippen LogP contribution in [-0.2, 0) is 6.54 Å². The molecule has 29 heavy (non-hydrogen) atoms. The van der Waals surface area contributed by atoms with Crippen molar-refractivity contribution in [1.29, 1.82) is 0 Å². The van der Waals surface area contributed by atoms with Crippen molar-refractivity contribution in [3.63, 3.8) is 0 Å². The van der Waals surface area contributed by atoms with Gasteiger partial charge < -0.3 is 0 Å². The van der Waals surface area contributed by atoms with E-state index in [0.717, 1.165) is 21.5 Å². The molecule has 0 saturated carbocycles. The molecule has 0 bridgehead atoms. The SMILES string of the molecule is Cc1cc(C)c2sc(N(Cc3ccccn3)C(=O)c3ccc(C)c(C)c3)nc2c1. The Balaban J connectivity index is 1.80. The van der Waals surface area contributed by atoms with Crippen LogP contribution in [0.5, 0.6) is 0 Å². The second-order valence-corrected chi connectivity index (χ2v) is 8.42. The molecule has 2 aromatic carbocycles. The number of aromatic nitrogens is 2. The Morgan fingerprint density at radius 2 is 1.79 bits per heavy atom. The molecule has 2 aromatic heterocycles. The van der Waals surface area contributed by atoms with Gasteiger partial charge in [-0.25, -0.2) is 4.98 Å². The maximum Gasteiger partial charge on any atom is 0.260 e. The van der Waals surface area contributed by atoms with Gasteiger partial charge in [0.15, 0.2) is 5.13 Å². The summed E-state index contributed by atoms with van der Waals surface area (Å²) in [6.45, 7) is 8.61. The zero-order valence-electron chi connectivity index (χ0n) is 17.1. The van der Waals surface area contributed by atoms with E-state index in [1.165, 1.54) is 16.7 Å². The first kappa shape index (κ1) is 19.3. The lowest BCUT2D eigenvalue weighted by molar-refractivity contribution is 0.0984. The van der Waals surface area contributed by atoms with E-state index in [4.69, 9.17) is 4.98 Å². The first-order valence-electron chi connectivity index (χ1n) is 9.59. The number of anilines is 1. The molecule has 4 nitrogen and oxygen atoms in total. The summed E-state index contributed by atoms with van der Waals surface area (Å²) in [7, 11) is 0. The predicted molar refractivity (Wildman–Crippen MR) is 120 cm³/mol. The first-order chi connectivity index (χ1) is 13.9. The molecule has 4 aromatic rings. The summed E-state index contributed by atoms with van der Waals surface area (Å²) in [5.41, 5.74) is 7.05. The monoisotopic (exact) mass is 401 g/mol. The van der Waals surface area contributed by atoms with Gasteiger partial charge >= 0.3 is 0 Å². The van der Waals surface area contributed by atoms with Gasteiger partial charge in [-0.05, 0) is 80.3 Å². The van der Waals surface area contributed by atoms with E-state index in [1.54, 1.807) is 22.4 Å². The Hall–Kier alpha value is -3.05. The Kier molecular flexibility index (Phi) is 5.16. The second-order valence-electron chi connectivity index (χ2n) is 7.44. The number of benzene rings is 2. The maximum absolute atomic E-state index is 13.5. The lowest BCUT2D eigenvalue weighted by atomic mass is 10.1. The third kappa shape index (κ3) is 3.91. The summed E-state index contributed by atoms with van der Waals surface area (Å²) < 4.78 is 1.12. The van der Waals surface area contributed by atoms with E-state index in [2.05, 4.69) is 31.0 Å². The average molecular weight is 402 g/mol. The summed E-state index contributed by atoms with van der Waals surface area (Å²) in [6, 6.07) is 15.8. The Morgan fingerprint density at radius 1 is 0.966 bits per heavy atom. The van der Waals surface area contributed by atoms with Gasteiger partial charge in [0.1, 0.15) is 0 Å². The number of hydrogen-bond donors (Lipinski definition) is 0. The van der Waals surface area contributed by atoms with Gasteiger partial charge in [0.05, 0.1) is 22.5 Å². The zero-order chi connectivity index (χ0) is 20.5. The molecule has 0 radical (unpaired) electrons. The van der Waals surface area contributed by atoms with E-state index in [9.17, 15) is 4.79 Å². The molecule has 146 valence electrons. The lowest BCUT2D eigenvalue weighted by Crippen LogP contribution is -2.30. The topological polar surface area (TPSA) is 46.1 Å². The van der Waals surface area contributed by atoms with Crippen molar-refractivity contribution in [2.75, 3.05) is 4.90 Å². The minimum Gasteiger partial charge on any atom is -0.278 e. The molecule has 0 aliphatic rings. The highest BCUT2D eigenvalue weighted by atomic mass is 32.1. The maximum atomic E-state index is 13.5. The Bertz CT molecular complexity index is 1200. The van der Waals surface area contributed by atoms with Gasteiger partial charge in [-0.15, -0.1) is 0 Å². The summed E-state index contributed by atoms with van der Waals surface area (Å²) in [5.74, 6) is -0.0628. The quantitative estimate of drug-likeness (QED) is 0.436. The second kappa shape index (κ2) is 7.76. The highest BCUT2D eigenvalue weighted by Gasteiger charge is 2.23. The molecule has 4 rings (SSSR count). The largest absolute Gasteiger partial charge is 0.278 e. The molecule has 5 heteroatoms. The number of carbonyl (C=O) groups is 1. The van der Waals surface area contributed by atoms with E-state index < -0.39 is 0 Å². The molecular weight excluding hydrogens is 378 g/mol. The number of carbonyl (C=O) groups excluding carboxylic acids is 1. The third-order valence-corrected chi connectivity index (χ3v) is 6.31. The minimum absolute atomic E-state index is 0.0628. The molecule has 0 aliphatic carbocycles. The van der Waals surface area contributed by atoms with Gasteiger partial charge in [-0.1, -0.05) is 29.5 Å². The molecule has 0 fully saturated rings. The van der Waals surface area contributed by atoms with E-state index >= 15 is 0 Å². The molecule has 0 spiro atoms. The van der Waals surface area contributed by atoms with Crippen molar-refractivity contribution in [2.45, 2.75) is 34.2 Å². The highest BCUT2D eigenvalue weighted by Crippen LogP contribution is 2.33. The van der Waals surface area contributed by atoms with Crippen LogP contribution in [0.3, 0.4) is 0 Å². The highest BCUT2D eigenvalue weighted by molar-refractivity contribution is 7.22. The van der Waals surface area contributed by atoms with Crippen molar-refractivity contribution in [2.24, 2.45) is 0 Å². The van der Waals surface area contributed by atoms with Crippen LogP contribution in [0, 0.1) is 27.7 Å². The van der Waals surface area contributed by atoms with Gasteiger partial charge in [-0.3, -0.25) is 14.7 Å². The Morgan fingerprint density at radius 3 is 2.52 bits per heavy atom. The number of nitrogens with zero attached hydrogens (tertiary/aromatic N) is 3. The van der Waals surface area contributed by atoms with E-state index in [0.29, 0.717) is 17.2 Å². The number of thiazole rings is 1.